The molecule has 0 fully saturated rings. The molecule has 2 nitrogen and oxygen atoms in total. The van der Waals surface area contributed by atoms with Gasteiger partial charge < -0.3 is 4.42 Å². The zero-order valence-corrected chi connectivity index (χ0v) is 10.6. The van der Waals surface area contributed by atoms with Crippen LogP contribution in [0.2, 0.25) is 19.6 Å². The molecule has 0 atom stereocenters. The number of rotatable bonds is 5. The molecule has 1 aromatic heterocycles. The maximum absolute atomic E-state index is 10.1. The molecule has 15 heavy (non-hydrogen) atoms. The van der Waals surface area contributed by atoms with Gasteiger partial charge in [-0.15, -0.1) is 0 Å². The van der Waals surface area contributed by atoms with Crippen molar-refractivity contribution in [2.45, 2.75) is 32.5 Å². The number of furan rings is 1. The highest BCUT2D eigenvalue weighted by atomic mass is 28.3. The highest BCUT2D eigenvalue weighted by Gasteiger charge is 2.20. The zero-order valence-electron chi connectivity index (χ0n) is 9.62. The minimum Gasteiger partial charge on any atom is -0.474 e. The van der Waals surface area contributed by atoms with Crippen molar-refractivity contribution in [2.24, 2.45) is 0 Å². The summed E-state index contributed by atoms with van der Waals surface area (Å²) in [6.07, 6.45) is 7.90. The van der Waals surface area contributed by atoms with E-state index in [4.69, 9.17) is 4.42 Å². The maximum atomic E-state index is 10.1. The molecule has 0 aliphatic rings. The maximum Gasteiger partial charge on any atom is 0.142 e. The van der Waals surface area contributed by atoms with Gasteiger partial charge in [0.05, 0.1) is 11.6 Å². The molecule has 82 valence electrons. The van der Waals surface area contributed by atoms with Crippen LogP contribution in [0.15, 0.2) is 28.9 Å². The van der Waals surface area contributed by atoms with E-state index in [0.29, 0.717) is 0 Å². The summed E-state index contributed by atoms with van der Waals surface area (Å²) in [5.41, 5.74) is 1.22. The number of aryl methyl sites for hydroxylation is 1. The standard InChI is InChI=1S/C12H18O2Si/c1-15(2,3)12-9-11(10-14-12)7-5-4-6-8-13/h4,6,8-10H,5,7H2,1-3H3. The summed E-state index contributed by atoms with van der Waals surface area (Å²) < 4.78 is 5.55. The lowest BCUT2D eigenvalue weighted by Crippen LogP contribution is -2.36. The first-order chi connectivity index (χ1) is 7.04. The van der Waals surface area contributed by atoms with Crippen LogP contribution in [0.4, 0.5) is 0 Å². The van der Waals surface area contributed by atoms with Gasteiger partial charge in [0.1, 0.15) is 14.4 Å². The van der Waals surface area contributed by atoms with Crippen LogP contribution in [0.5, 0.6) is 0 Å². The van der Waals surface area contributed by atoms with E-state index >= 15 is 0 Å². The number of carbonyl (C=O) groups is 1. The number of allylic oxidation sites excluding steroid dienone is 2. The summed E-state index contributed by atoms with van der Waals surface area (Å²) in [6, 6.07) is 2.15. The van der Waals surface area contributed by atoms with E-state index in [1.54, 1.807) is 6.08 Å². The molecule has 0 N–H and O–H groups in total. The lowest BCUT2D eigenvalue weighted by molar-refractivity contribution is -0.104. The predicted octanol–water partition coefficient (Wildman–Crippen LogP) is 2.51. The van der Waals surface area contributed by atoms with E-state index in [1.165, 1.54) is 5.56 Å². The molecule has 0 unspecified atom stereocenters. The Morgan fingerprint density at radius 3 is 2.67 bits per heavy atom. The topological polar surface area (TPSA) is 30.2 Å². The number of carbonyl (C=O) groups excluding carboxylic acids is 1. The lowest BCUT2D eigenvalue weighted by Gasteiger charge is -2.10. The van der Waals surface area contributed by atoms with Crippen LogP contribution in [0.3, 0.4) is 0 Å². The molecular formula is C12H18O2Si. The molecule has 0 radical (unpaired) electrons. The summed E-state index contributed by atoms with van der Waals surface area (Å²) in [7, 11) is -1.31. The highest BCUT2D eigenvalue weighted by molar-refractivity contribution is 6.87. The molecule has 0 aromatic carbocycles. The van der Waals surface area contributed by atoms with Gasteiger partial charge in [0.15, 0.2) is 0 Å². The predicted molar refractivity (Wildman–Crippen MR) is 65.2 cm³/mol. The second kappa shape index (κ2) is 5.12. The zero-order chi connectivity index (χ0) is 11.3. The van der Waals surface area contributed by atoms with Crippen molar-refractivity contribution in [1.29, 1.82) is 0 Å². The molecule has 3 heteroatoms. The first-order valence-electron chi connectivity index (χ1n) is 5.22. The van der Waals surface area contributed by atoms with Gasteiger partial charge in [-0.3, -0.25) is 4.79 Å². The van der Waals surface area contributed by atoms with Crippen molar-refractivity contribution in [2.75, 3.05) is 0 Å². The van der Waals surface area contributed by atoms with E-state index in [9.17, 15) is 4.79 Å². The third-order valence-electron chi connectivity index (χ3n) is 2.21. The Kier molecular flexibility index (Phi) is 4.09. The van der Waals surface area contributed by atoms with Crippen molar-refractivity contribution in [3.05, 3.63) is 30.0 Å². The van der Waals surface area contributed by atoms with E-state index < -0.39 is 8.07 Å². The Morgan fingerprint density at radius 2 is 2.13 bits per heavy atom. The minimum absolute atomic E-state index is 0.808. The molecule has 0 bridgehead atoms. The summed E-state index contributed by atoms with van der Waals surface area (Å²) in [5, 5.41) is 1.15. The summed E-state index contributed by atoms with van der Waals surface area (Å²) in [5.74, 6) is 0. The Morgan fingerprint density at radius 1 is 1.40 bits per heavy atom. The quantitative estimate of drug-likeness (QED) is 0.435. The number of hydrogen-bond donors (Lipinski definition) is 0. The van der Waals surface area contributed by atoms with Crippen molar-refractivity contribution in [3.63, 3.8) is 0 Å². The third-order valence-corrected chi connectivity index (χ3v) is 3.95. The summed E-state index contributed by atoms with van der Waals surface area (Å²) >= 11 is 0. The SMILES string of the molecule is C[Si](C)(C)c1cc(CCC=CC=O)co1. The molecule has 0 amide bonds. The van der Waals surface area contributed by atoms with Gasteiger partial charge in [-0.25, -0.2) is 0 Å². The van der Waals surface area contributed by atoms with E-state index in [-0.39, 0.29) is 0 Å². The van der Waals surface area contributed by atoms with Crippen molar-refractivity contribution in [1.82, 2.24) is 0 Å². The lowest BCUT2D eigenvalue weighted by atomic mass is 10.2. The molecule has 0 spiro atoms. The molecule has 1 aromatic rings. The van der Waals surface area contributed by atoms with E-state index in [0.717, 1.165) is 24.5 Å². The average Bonchev–Trinajstić information content (AvgIpc) is 2.60. The smallest absolute Gasteiger partial charge is 0.142 e. The van der Waals surface area contributed by atoms with Gasteiger partial charge in [-0.1, -0.05) is 25.7 Å². The number of aldehydes is 1. The van der Waals surface area contributed by atoms with Crippen LogP contribution in [0.25, 0.3) is 0 Å². The Labute approximate surface area is 92.0 Å². The van der Waals surface area contributed by atoms with E-state index in [2.05, 4.69) is 25.7 Å². The van der Waals surface area contributed by atoms with Crippen LogP contribution in [0, 0.1) is 0 Å². The van der Waals surface area contributed by atoms with Crippen LogP contribution in [0.1, 0.15) is 12.0 Å². The molecule has 0 saturated heterocycles. The van der Waals surface area contributed by atoms with Crippen LogP contribution >= 0.6 is 0 Å². The van der Waals surface area contributed by atoms with E-state index in [1.807, 2.05) is 12.3 Å². The molecule has 0 aliphatic carbocycles. The molecule has 1 heterocycles. The van der Waals surface area contributed by atoms with Gasteiger partial charge >= 0.3 is 0 Å². The van der Waals surface area contributed by atoms with Crippen LogP contribution < -0.4 is 5.38 Å². The highest BCUT2D eigenvalue weighted by Crippen LogP contribution is 2.08. The first-order valence-corrected chi connectivity index (χ1v) is 8.72. The fraction of sp³-hybridized carbons (Fsp3) is 0.417. The Bertz CT molecular complexity index is 345. The van der Waals surface area contributed by atoms with Gasteiger partial charge in [-0.05, 0) is 30.5 Å². The Hall–Kier alpha value is -1.09. The van der Waals surface area contributed by atoms with Gasteiger partial charge in [0.25, 0.3) is 0 Å². The monoisotopic (exact) mass is 222 g/mol. The average molecular weight is 222 g/mol. The molecule has 0 saturated carbocycles. The molecular weight excluding hydrogens is 204 g/mol. The van der Waals surface area contributed by atoms with Crippen molar-refractivity contribution >= 4 is 19.7 Å². The summed E-state index contributed by atoms with van der Waals surface area (Å²) in [4.78, 5) is 10.1. The number of hydrogen-bond acceptors (Lipinski definition) is 2. The van der Waals surface area contributed by atoms with Crippen LogP contribution in [-0.2, 0) is 11.2 Å². The second-order valence-electron chi connectivity index (χ2n) is 4.67. The first kappa shape index (κ1) is 12.0. The third kappa shape index (κ3) is 3.87. The Balaban J connectivity index is 2.54. The minimum atomic E-state index is -1.31. The molecule has 1 rings (SSSR count). The normalized spacial score (nSPS) is 12.2. The van der Waals surface area contributed by atoms with Crippen molar-refractivity contribution in [3.8, 4) is 0 Å². The van der Waals surface area contributed by atoms with Crippen LogP contribution in [-0.4, -0.2) is 14.4 Å². The fourth-order valence-electron chi connectivity index (χ4n) is 1.30. The molecule has 0 aliphatic heterocycles. The fourth-order valence-corrected chi connectivity index (χ4v) is 2.33. The summed E-state index contributed by atoms with van der Waals surface area (Å²) in [6.45, 7) is 6.80. The van der Waals surface area contributed by atoms with Crippen molar-refractivity contribution < 1.29 is 9.21 Å². The van der Waals surface area contributed by atoms with Gasteiger partial charge in [-0.2, -0.15) is 0 Å². The van der Waals surface area contributed by atoms with Gasteiger partial charge in [0.2, 0.25) is 0 Å². The largest absolute Gasteiger partial charge is 0.474 e. The second-order valence-corrected chi connectivity index (χ2v) is 9.66. The van der Waals surface area contributed by atoms with Gasteiger partial charge in [0, 0.05) is 0 Å².